The second-order valence-corrected chi connectivity index (χ2v) is 2.91. The third kappa shape index (κ3) is 4.33. The lowest BCUT2D eigenvalue weighted by molar-refractivity contribution is 0.716. The number of anilines is 1. The normalized spacial score (nSPS) is 8.38. The third-order valence-electron chi connectivity index (χ3n) is 1.42. The molecule has 0 unspecified atom stereocenters. The van der Waals surface area contributed by atoms with Gasteiger partial charge >= 0.3 is 0 Å². The Morgan fingerprint density at radius 2 is 1.92 bits per heavy atom. The van der Waals surface area contributed by atoms with E-state index in [1.54, 1.807) is 0 Å². The summed E-state index contributed by atoms with van der Waals surface area (Å²) in [6, 6.07) is 7.94. The highest BCUT2D eigenvalue weighted by molar-refractivity contribution is 14.1. The summed E-state index contributed by atoms with van der Waals surface area (Å²) in [4.78, 5) is 2.04. The maximum atomic E-state index is 5.05. The van der Waals surface area contributed by atoms with Crippen LogP contribution in [0.25, 0.3) is 0 Å². The zero-order chi connectivity index (χ0) is 10.3. The minimum absolute atomic E-state index is 0.886. The van der Waals surface area contributed by atoms with Crippen LogP contribution >= 0.6 is 23.0 Å². The average molecular weight is 294 g/mol. The van der Waals surface area contributed by atoms with Gasteiger partial charge in [-0.25, -0.2) is 0 Å². The summed E-state index contributed by atoms with van der Waals surface area (Å²) in [5.41, 5.74) is 5.65. The van der Waals surface area contributed by atoms with Crippen LogP contribution in [0, 0.1) is 0 Å². The number of nitrogens with two attached hydrogens (primary N) is 1. The Labute approximate surface area is 93.6 Å². The lowest BCUT2D eigenvalue weighted by Crippen LogP contribution is -2.07. The first kappa shape index (κ1) is 12.5. The second kappa shape index (κ2) is 6.97. The molecule has 1 aromatic rings. The lowest BCUT2D eigenvalue weighted by atomic mass is 10.3. The van der Waals surface area contributed by atoms with Crippen molar-refractivity contribution in [3.8, 4) is 5.75 Å². The molecule has 0 aliphatic heterocycles. The van der Waals surface area contributed by atoms with E-state index >= 15 is 0 Å². The first-order valence-electron chi connectivity index (χ1n) is 3.88. The first-order chi connectivity index (χ1) is 6.24. The molecule has 13 heavy (non-hydrogen) atoms. The van der Waals surface area contributed by atoms with Crippen molar-refractivity contribution in [2.75, 3.05) is 26.0 Å². The molecule has 0 spiro atoms. The van der Waals surface area contributed by atoms with Gasteiger partial charge in [-0.2, -0.15) is 0 Å². The molecule has 74 valence electrons. The summed E-state index contributed by atoms with van der Waals surface area (Å²) in [5, 5.41) is 0. The van der Waals surface area contributed by atoms with Gasteiger partial charge in [-0.1, -0.05) is 6.07 Å². The maximum Gasteiger partial charge on any atom is 0.192 e. The van der Waals surface area contributed by atoms with E-state index < -0.39 is 0 Å². The van der Waals surface area contributed by atoms with Crippen LogP contribution in [0.1, 0.15) is 0 Å². The van der Waals surface area contributed by atoms with E-state index in [4.69, 9.17) is 3.07 Å². The molecule has 1 aromatic carbocycles. The van der Waals surface area contributed by atoms with Crippen molar-refractivity contribution in [2.24, 2.45) is 5.73 Å². The first-order valence-corrected chi connectivity index (χ1v) is 4.76. The van der Waals surface area contributed by atoms with Gasteiger partial charge in [-0.15, -0.1) is 0 Å². The molecule has 4 heteroatoms. The molecule has 0 saturated carbocycles. The van der Waals surface area contributed by atoms with E-state index in [9.17, 15) is 0 Å². The number of benzene rings is 1. The SMILES string of the molecule is CN.CN(C)c1cccc(OI)c1. The highest BCUT2D eigenvalue weighted by Gasteiger charge is 1.95. The molecular weight excluding hydrogens is 279 g/mol. The van der Waals surface area contributed by atoms with Crippen molar-refractivity contribution in [2.45, 2.75) is 0 Å². The molecule has 0 bridgehead atoms. The predicted octanol–water partition coefficient (Wildman–Crippen LogP) is 2.06. The van der Waals surface area contributed by atoms with Crippen molar-refractivity contribution >= 4 is 28.7 Å². The molecular formula is C9H15IN2O. The number of hydrogen-bond donors (Lipinski definition) is 1. The molecule has 2 N–H and O–H groups in total. The Morgan fingerprint density at radius 3 is 2.38 bits per heavy atom. The molecule has 1 rings (SSSR count). The quantitative estimate of drug-likeness (QED) is 0.849. The largest absolute Gasteiger partial charge is 0.428 e. The number of rotatable bonds is 2. The van der Waals surface area contributed by atoms with Crippen LogP contribution in [-0.4, -0.2) is 21.1 Å². The highest BCUT2D eigenvalue weighted by atomic mass is 127. The predicted molar refractivity (Wildman–Crippen MR) is 65.5 cm³/mol. The van der Waals surface area contributed by atoms with Crippen LogP contribution in [0.3, 0.4) is 0 Å². The molecule has 0 aliphatic carbocycles. The molecule has 0 aromatic heterocycles. The van der Waals surface area contributed by atoms with Gasteiger partial charge in [0.05, 0.1) is 0 Å². The lowest BCUT2D eigenvalue weighted by Gasteiger charge is -2.12. The van der Waals surface area contributed by atoms with Gasteiger partial charge in [0.2, 0.25) is 0 Å². The molecule has 0 saturated heterocycles. The Hall–Kier alpha value is -0.490. The minimum Gasteiger partial charge on any atom is -0.428 e. The molecule has 3 nitrogen and oxygen atoms in total. The van der Waals surface area contributed by atoms with Gasteiger partial charge in [-0.3, -0.25) is 0 Å². The summed E-state index contributed by atoms with van der Waals surface area (Å²) in [6.45, 7) is 0. The van der Waals surface area contributed by atoms with E-state index in [-0.39, 0.29) is 0 Å². The van der Waals surface area contributed by atoms with Crippen LogP contribution in [0.15, 0.2) is 24.3 Å². The highest BCUT2D eigenvalue weighted by Crippen LogP contribution is 2.20. The number of hydrogen-bond acceptors (Lipinski definition) is 3. The van der Waals surface area contributed by atoms with Crippen molar-refractivity contribution in [1.29, 1.82) is 0 Å². The van der Waals surface area contributed by atoms with Gasteiger partial charge in [-0.05, 0) is 19.2 Å². The summed E-state index contributed by atoms with van der Waals surface area (Å²) in [7, 11) is 5.51. The summed E-state index contributed by atoms with van der Waals surface area (Å²) in [5.74, 6) is 0.886. The fourth-order valence-corrected chi connectivity index (χ4v) is 1.08. The fourth-order valence-electron chi connectivity index (χ4n) is 0.810. The van der Waals surface area contributed by atoms with Crippen LogP contribution in [0.5, 0.6) is 5.75 Å². The topological polar surface area (TPSA) is 38.5 Å². The van der Waals surface area contributed by atoms with E-state index in [2.05, 4.69) is 5.73 Å². The Balaban J connectivity index is 0.000000671. The van der Waals surface area contributed by atoms with Crippen LogP contribution in [0.2, 0.25) is 0 Å². The summed E-state index contributed by atoms with van der Waals surface area (Å²) in [6.07, 6.45) is 0. The molecule has 0 heterocycles. The standard InChI is InChI=1S/C8H10INO.CH5N/c1-10(2)7-4-3-5-8(6-7)11-9;1-2/h3-6H,1-2H3;2H2,1H3. The van der Waals surface area contributed by atoms with Crippen molar-refractivity contribution in [1.82, 2.24) is 0 Å². The van der Waals surface area contributed by atoms with Crippen molar-refractivity contribution < 1.29 is 3.07 Å². The molecule has 0 amide bonds. The fraction of sp³-hybridized carbons (Fsp3) is 0.333. The van der Waals surface area contributed by atoms with Crippen LogP contribution < -0.4 is 13.7 Å². The van der Waals surface area contributed by atoms with Crippen LogP contribution in [-0.2, 0) is 0 Å². The average Bonchev–Trinajstić information content (AvgIpc) is 2.21. The van der Waals surface area contributed by atoms with Gasteiger partial charge in [0.25, 0.3) is 0 Å². The Kier molecular flexibility index (Phi) is 6.70. The number of halogens is 1. The number of nitrogens with zero attached hydrogens (tertiary/aromatic N) is 1. The zero-order valence-corrected chi connectivity index (χ0v) is 10.3. The van der Waals surface area contributed by atoms with E-state index in [0.717, 1.165) is 11.4 Å². The monoisotopic (exact) mass is 294 g/mol. The zero-order valence-electron chi connectivity index (χ0n) is 8.12. The molecule has 0 radical (unpaired) electrons. The van der Waals surface area contributed by atoms with Gasteiger partial charge in [0.1, 0.15) is 5.75 Å². The smallest absolute Gasteiger partial charge is 0.192 e. The van der Waals surface area contributed by atoms with Gasteiger partial charge < -0.3 is 13.7 Å². The Bertz CT molecular complexity index is 241. The summed E-state index contributed by atoms with van der Waals surface area (Å²) >= 11 is 1.87. The van der Waals surface area contributed by atoms with Crippen molar-refractivity contribution in [3.05, 3.63) is 24.3 Å². The van der Waals surface area contributed by atoms with Crippen LogP contribution in [0.4, 0.5) is 5.69 Å². The molecule has 0 fully saturated rings. The maximum absolute atomic E-state index is 5.05. The minimum atomic E-state index is 0.886. The second-order valence-electron chi connectivity index (χ2n) is 2.47. The van der Waals surface area contributed by atoms with E-state index in [1.807, 2.05) is 66.3 Å². The molecule has 0 aliphatic rings. The molecule has 0 atom stereocenters. The van der Waals surface area contributed by atoms with Gasteiger partial charge in [0.15, 0.2) is 23.0 Å². The van der Waals surface area contributed by atoms with E-state index in [1.165, 1.54) is 7.05 Å². The van der Waals surface area contributed by atoms with Gasteiger partial charge in [0, 0.05) is 25.8 Å². The van der Waals surface area contributed by atoms with Crippen molar-refractivity contribution in [3.63, 3.8) is 0 Å². The Morgan fingerprint density at radius 1 is 1.31 bits per heavy atom. The third-order valence-corrected chi connectivity index (χ3v) is 1.93. The summed E-state index contributed by atoms with van der Waals surface area (Å²) < 4.78 is 5.05. The van der Waals surface area contributed by atoms with E-state index in [0.29, 0.717) is 0 Å².